The van der Waals surface area contributed by atoms with Gasteiger partial charge < -0.3 is 34.4 Å². The predicted molar refractivity (Wildman–Crippen MR) is 146 cm³/mol. The molecule has 2 aromatic carbocycles. The van der Waals surface area contributed by atoms with Crippen LogP contribution >= 0.6 is 0 Å². The number of carbonyl (C=O) groups is 1. The molecule has 1 aliphatic heterocycles. The van der Waals surface area contributed by atoms with Gasteiger partial charge in [0.05, 0.1) is 32.1 Å². The summed E-state index contributed by atoms with van der Waals surface area (Å²) in [6.45, 7) is -0.575. The van der Waals surface area contributed by atoms with Crippen LogP contribution in [0.4, 0.5) is 10.1 Å². The number of benzene rings is 2. The molecule has 0 unspecified atom stereocenters. The van der Waals surface area contributed by atoms with Crippen LogP contribution in [0.3, 0.4) is 0 Å². The molecule has 3 aromatic rings. The fourth-order valence-corrected chi connectivity index (χ4v) is 5.83. The van der Waals surface area contributed by atoms with Crippen LogP contribution in [0.1, 0.15) is 31.7 Å². The Morgan fingerprint density at radius 1 is 1.15 bits per heavy atom. The molecular weight excluding hydrogens is 535 g/mol. The van der Waals surface area contributed by atoms with Crippen LogP contribution in [0.25, 0.3) is 11.3 Å². The summed E-state index contributed by atoms with van der Waals surface area (Å²) in [7, 11) is 2.92. The van der Waals surface area contributed by atoms with Gasteiger partial charge in [0.1, 0.15) is 41.6 Å². The van der Waals surface area contributed by atoms with E-state index in [1.54, 1.807) is 36.4 Å². The van der Waals surface area contributed by atoms with Gasteiger partial charge >= 0.3 is 0 Å². The average Bonchev–Trinajstić information content (AvgIpc) is 3.48. The van der Waals surface area contributed by atoms with Crippen molar-refractivity contribution in [1.82, 2.24) is 15.0 Å². The van der Waals surface area contributed by atoms with E-state index in [1.165, 1.54) is 42.1 Å². The number of ether oxygens (including phenoxy) is 3. The van der Waals surface area contributed by atoms with Crippen molar-refractivity contribution in [1.29, 1.82) is 0 Å². The Kier molecular flexibility index (Phi) is 8.95. The summed E-state index contributed by atoms with van der Waals surface area (Å²) in [4.78, 5) is 16.0. The molecule has 1 saturated heterocycles. The normalized spacial score (nSPS) is 28.3. The van der Waals surface area contributed by atoms with E-state index in [0.29, 0.717) is 35.5 Å². The third kappa shape index (κ3) is 5.84. The largest absolute Gasteiger partial charge is 0.497 e. The molecule has 5 rings (SSSR count). The predicted octanol–water partition coefficient (Wildman–Crippen LogP) is 2.11. The zero-order chi connectivity index (χ0) is 29.1. The van der Waals surface area contributed by atoms with Gasteiger partial charge in [0.2, 0.25) is 0 Å². The van der Waals surface area contributed by atoms with Gasteiger partial charge in [0, 0.05) is 24.4 Å². The molecule has 2 fully saturated rings. The van der Waals surface area contributed by atoms with Crippen LogP contribution in [-0.4, -0.2) is 93.6 Å². The summed E-state index contributed by atoms with van der Waals surface area (Å²) in [6, 6.07) is 11.3. The quantitative estimate of drug-likeness (QED) is 0.372. The second-order valence-electron chi connectivity index (χ2n) is 10.4. The minimum absolute atomic E-state index is 0.352. The molecule has 7 atom stereocenters. The van der Waals surface area contributed by atoms with Gasteiger partial charge in [0.15, 0.2) is 6.10 Å². The Bertz CT molecular complexity index is 1340. The number of methoxy groups -OCH3 is 2. The van der Waals surface area contributed by atoms with Crippen molar-refractivity contribution in [3.8, 4) is 17.0 Å². The Morgan fingerprint density at radius 2 is 1.93 bits per heavy atom. The summed E-state index contributed by atoms with van der Waals surface area (Å²) in [5.74, 6) is -0.407. The SMILES string of the molecule is COc1cccc(N(C(=O)[C@@H]2O[C@H](CO)[C@H](O)[C@H](n3cc(-c4cccc(F)c4)nn3)[C@H]2OC)[C@H]2CCCC[C@@H]2O)c1. The molecular formula is C29H35FN4O7. The van der Waals surface area contributed by atoms with Gasteiger partial charge in [-0.3, -0.25) is 4.79 Å². The van der Waals surface area contributed by atoms with Crippen LogP contribution < -0.4 is 9.64 Å². The number of aliphatic hydroxyl groups excluding tert-OH is 3. The lowest BCUT2D eigenvalue weighted by molar-refractivity contribution is -0.211. The van der Waals surface area contributed by atoms with Crippen molar-refractivity contribution in [2.45, 2.75) is 68.3 Å². The zero-order valence-corrected chi connectivity index (χ0v) is 22.9. The summed E-state index contributed by atoms with van der Waals surface area (Å²) in [6.07, 6.45) is -1.25. The molecule has 3 N–H and O–H groups in total. The van der Waals surface area contributed by atoms with Gasteiger partial charge in [-0.15, -0.1) is 5.10 Å². The van der Waals surface area contributed by atoms with Gasteiger partial charge in [-0.1, -0.05) is 36.3 Å². The molecule has 11 nitrogen and oxygen atoms in total. The van der Waals surface area contributed by atoms with Crippen LogP contribution in [-0.2, 0) is 14.3 Å². The Hall–Kier alpha value is -3.42. The number of rotatable bonds is 8. The maximum atomic E-state index is 14.4. The van der Waals surface area contributed by atoms with Crippen molar-refractivity contribution < 1.29 is 38.7 Å². The fraction of sp³-hybridized carbons (Fsp3) is 0.483. The second kappa shape index (κ2) is 12.6. The number of aliphatic hydroxyl groups is 3. The molecule has 1 amide bonds. The molecule has 12 heteroatoms. The zero-order valence-electron chi connectivity index (χ0n) is 22.9. The molecule has 0 radical (unpaired) electrons. The van der Waals surface area contributed by atoms with Crippen molar-refractivity contribution in [3.05, 3.63) is 60.5 Å². The first-order valence-corrected chi connectivity index (χ1v) is 13.7. The maximum absolute atomic E-state index is 14.4. The molecule has 0 spiro atoms. The second-order valence-corrected chi connectivity index (χ2v) is 10.4. The number of nitrogens with zero attached hydrogens (tertiary/aromatic N) is 4. The smallest absolute Gasteiger partial charge is 0.259 e. The highest BCUT2D eigenvalue weighted by Gasteiger charge is 2.52. The van der Waals surface area contributed by atoms with Crippen molar-refractivity contribution >= 4 is 11.6 Å². The van der Waals surface area contributed by atoms with E-state index in [2.05, 4.69) is 10.3 Å². The lowest BCUT2D eigenvalue weighted by Crippen LogP contribution is -2.63. The lowest BCUT2D eigenvalue weighted by atomic mass is 9.88. The Morgan fingerprint density at radius 3 is 2.63 bits per heavy atom. The minimum Gasteiger partial charge on any atom is -0.497 e. The van der Waals surface area contributed by atoms with E-state index in [1.807, 2.05) is 0 Å². The van der Waals surface area contributed by atoms with Crippen LogP contribution in [0.15, 0.2) is 54.7 Å². The summed E-state index contributed by atoms with van der Waals surface area (Å²) < 4.78 is 32.4. The first-order valence-electron chi connectivity index (χ1n) is 13.7. The first kappa shape index (κ1) is 29.1. The van der Waals surface area contributed by atoms with Gasteiger partial charge in [-0.2, -0.15) is 0 Å². The average molecular weight is 571 g/mol. The molecule has 0 bridgehead atoms. The third-order valence-electron chi connectivity index (χ3n) is 7.91. The number of anilines is 1. The van der Waals surface area contributed by atoms with Crippen molar-refractivity contribution in [2.75, 3.05) is 25.7 Å². The number of amides is 1. The molecule has 2 aliphatic rings. The topological polar surface area (TPSA) is 139 Å². The minimum atomic E-state index is -1.32. The monoisotopic (exact) mass is 570 g/mol. The summed E-state index contributed by atoms with van der Waals surface area (Å²) in [5.41, 5.74) is 1.34. The number of hydrogen-bond acceptors (Lipinski definition) is 9. The van der Waals surface area contributed by atoms with E-state index in [0.717, 1.165) is 12.8 Å². The lowest BCUT2D eigenvalue weighted by Gasteiger charge is -2.46. The van der Waals surface area contributed by atoms with Crippen molar-refractivity contribution in [2.24, 2.45) is 0 Å². The van der Waals surface area contributed by atoms with Gasteiger partial charge in [-0.25, -0.2) is 9.07 Å². The van der Waals surface area contributed by atoms with Gasteiger partial charge in [-0.05, 0) is 37.1 Å². The highest BCUT2D eigenvalue weighted by Crippen LogP contribution is 2.37. The summed E-state index contributed by atoms with van der Waals surface area (Å²) >= 11 is 0. The molecule has 220 valence electrons. The molecule has 41 heavy (non-hydrogen) atoms. The third-order valence-corrected chi connectivity index (χ3v) is 7.91. The Balaban J connectivity index is 1.53. The maximum Gasteiger partial charge on any atom is 0.259 e. The molecule has 1 aliphatic carbocycles. The van der Waals surface area contributed by atoms with Crippen molar-refractivity contribution in [3.63, 3.8) is 0 Å². The van der Waals surface area contributed by atoms with E-state index >= 15 is 0 Å². The van der Waals surface area contributed by atoms with Crippen LogP contribution in [0.2, 0.25) is 0 Å². The number of halogens is 1. The fourth-order valence-electron chi connectivity index (χ4n) is 5.83. The molecule has 1 aromatic heterocycles. The highest BCUT2D eigenvalue weighted by atomic mass is 19.1. The van der Waals surface area contributed by atoms with E-state index in [4.69, 9.17) is 14.2 Å². The van der Waals surface area contributed by atoms with E-state index in [9.17, 15) is 24.5 Å². The number of carbonyl (C=O) groups excluding carboxylic acids is 1. The number of hydrogen-bond donors (Lipinski definition) is 3. The van der Waals surface area contributed by atoms with Gasteiger partial charge in [0.25, 0.3) is 5.91 Å². The van der Waals surface area contributed by atoms with Crippen LogP contribution in [0.5, 0.6) is 5.75 Å². The standard InChI is InChI=1S/C29H35FN4O7/c1-39-20-10-6-9-19(14-20)34(22-11-3-4-12-23(22)36)29(38)28-27(40-2)25(26(37)24(16-35)41-28)33-15-21(31-32-33)17-7-5-8-18(30)13-17/h5-10,13-15,22-28,35-37H,3-4,11-12,16H2,1-2H3/t22-,23-,24+,25-,26-,27+,28+/m0/s1. The molecule has 2 heterocycles. The van der Waals surface area contributed by atoms with Crippen LogP contribution in [0, 0.1) is 5.82 Å². The summed E-state index contributed by atoms with van der Waals surface area (Å²) in [5, 5.41) is 40.6. The van der Waals surface area contributed by atoms with E-state index < -0.39 is 60.9 Å². The van der Waals surface area contributed by atoms with E-state index in [-0.39, 0.29) is 0 Å². The number of aromatic nitrogens is 3. The molecule has 1 saturated carbocycles. The first-order chi connectivity index (χ1) is 19.9. The Labute approximate surface area is 237 Å². The highest BCUT2D eigenvalue weighted by molar-refractivity contribution is 5.98.